The van der Waals surface area contributed by atoms with E-state index in [0.29, 0.717) is 13.0 Å². The summed E-state index contributed by atoms with van der Waals surface area (Å²) in [5, 5.41) is 2.91. The summed E-state index contributed by atoms with van der Waals surface area (Å²) in [4.78, 5) is 26.7. The van der Waals surface area contributed by atoms with Gasteiger partial charge in [-0.3, -0.25) is 9.59 Å². The zero-order valence-electron chi connectivity index (χ0n) is 16.7. The summed E-state index contributed by atoms with van der Waals surface area (Å²) >= 11 is 0. The van der Waals surface area contributed by atoms with E-state index in [2.05, 4.69) is 18.3 Å². The summed E-state index contributed by atoms with van der Waals surface area (Å²) in [6.45, 7) is 2.74. The zero-order valence-corrected chi connectivity index (χ0v) is 16.7. The number of amides is 2. The first-order chi connectivity index (χ1) is 12.9. The molecule has 1 aromatic rings. The van der Waals surface area contributed by atoms with E-state index in [0.717, 1.165) is 23.3 Å². The molecule has 0 aliphatic heterocycles. The van der Waals surface area contributed by atoms with E-state index in [1.54, 1.807) is 11.9 Å². The van der Waals surface area contributed by atoms with Crippen LogP contribution in [0.3, 0.4) is 0 Å². The van der Waals surface area contributed by atoms with Crippen LogP contribution in [0.2, 0.25) is 0 Å². The Morgan fingerprint density at radius 2 is 1.67 bits per heavy atom. The highest BCUT2D eigenvalue weighted by molar-refractivity contribution is 5.84. The molecule has 0 heterocycles. The number of likely N-dealkylation sites (N-methyl/N-ethyl adjacent to an activating group) is 1. The molecule has 2 amide bonds. The zero-order chi connectivity index (χ0) is 19.0. The largest absolute Gasteiger partial charge is 0.347 e. The van der Waals surface area contributed by atoms with Crippen molar-refractivity contribution in [3.8, 4) is 0 Å². The van der Waals surface area contributed by atoms with Crippen molar-refractivity contribution in [2.24, 2.45) is 23.2 Å². The third-order valence-electron chi connectivity index (χ3n) is 7.23. The topological polar surface area (TPSA) is 49.4 Å². The molecule has 1 aromatic carbocycles. The Hall–Kier alpha value is -1.84. The molecule has 0 spiro atoms. The maximum atomic E-state index is 12.6. The number of nitrogens with zero attached hydrogens (tertiary/aromatic N) is 1. The lowest BCUT2D eigenvalue weighted by molar-refractivity contribution is -0.135. The Morgan fingerprint density at radius 3 is 2.26 bits per heavy atom. The summed E-state index contributed by atoms with van der Waals surface area (Å²) in [6, 6.07) is 8.10. The molecule has 4 aliphatic rings. The van der Waals surface area contributed by atoms with E-state index < -0.39 is 0 Å². The standard InChI is InChI=1S/C23H32N2O2/c1-16-5-3-4-6-20(16)15-25(2)22(27)14-24-21(26)13-23-10-17-7-18(11-23)9-19(8-17)12-23/h3-6,17-19H,7-15H2,1-2H3,(H,24,26). The maximum Gasteiger partial charge on any atom is 0.242 e. The second-order valence-corrected chi connectivity index (χ2v) is 9.55. The highest BCUT2D eigenvalue weighted by atomic mass is 16.2. The molecule has 0 saturated heterocycles. The van der Waals surface area contributed by atoms with Gasteiger partial charge >= 0.3 is 0 Å². The minimum atomic E-state index is -0.0304. The van der Waals surface area contributed by atoms with Crippen molar-refractivity contribution < 1.29 is 9.59 Å². The van der Waals surface area contributed by atoms with Crippen LogP contribution in [-0.2, 0) is 16.1 Å². The molecule has 27 heavy (non-hydrogen) atoms. The lowest BCUT2D eigenvalue weighted by atomic mass is 9.49. The monoisotopic (exact) mass is 368 g/mol. The van der Waals surface area contributed by atoms with Crippen LogP contribution in [0.5, 0.6) is 0 Å². The minimum Gasteiger partial charge on any atom is -0.347 e. The molecule has 0 aromatic heterocycles. The van der Waals surface area contributed by atoms with Gasteiger partial charge in [0.2, 0.25) is 11.8 Å². The third kappa shape index (κ3) is 4.04. The van der Waals surface area contributed by atoms with Gasteiger partial charge in [-0.1, -0.05) is 24.3 Å². The quantitative estimate of drug-likeness (QED) is 0.833. The van der Waals surface area contributed by atoms with Crippen LogP contribution >= 0.6 is 0 Å². The number of carbonyl (C=O) groups is 2. The fraction of sp³-hybridized carbons (Fsp3) is 0.652. The minimum absolute atomic E-state index is 0.0304. The number of rotatable bonds is 6. The molecule has 146 valence electrons. The van der Waals surface area contributed by atoms with Gasteiger partial charge in [-0.15, -0.1) is 0 Å². The molecular formula is C23H32N2O2. The van der Waals surface area contributed by atoms with E-state index in [1.165, 1.54) is 44.1 Å². The fourth-order valence-corrected chi connectivity index (χ4v) is 6.35. The molecule has 0 atom stereocenters. The summed E-state index contributed by atoms with van der Waals surface area (Å²) < 4.78 is 0. The predicted octanol–water partition coefficient (Wildman–Crippen LogP) is 3.68. The second-order valence-electron chi connectivity index (χ2n) is 9.55. The van der Waals surface area contributed by atoms with E-state index in [-0.39, 0.29) is 23.8 Å². The molecule has 0 unspecified atom stereocenters. The van der Waals surface area contributed by atoms with Gasteiger partial charge in [0.15, 0.2) is 0 Å². The molecule has 4 bridgehead atoms. The van der Waals surface area contributed by atoms with Gasteiger partial charge in [-0.25, -0.2) is 0 Å². The number of benzene rings is 1. The van der Waals surface area contributed by atoms with Crippen molar-refractivity contribution in [1.82, 2.24) is 10.2 Å². The summed E-state index contributed by atoms with van der Waals surface area (Å²) in [5.41, 5.74) is 2.56. The van der Waals surface area contributed by atoms with Crippen molar-refractivity contribution in [1.29, 1.82) is 0 Å². The average molecular weight is 369 g/mol. The summed E-state index contributed by atoms with van der Waals surface area (Å²) in [7, 11) is 1.81. The number of nitrogens with one attached hydrogen (secondary N) is 1. The van der Waals surface area contributed by atoms with Crippen LogP contribution in [0.15, 0.2) is 24.3 Å². The van der Waals surface area contributed by atoms with Gasteiger partial charge < -0.3 is 10.2 Å². The Labute approximate surface area is 162 Å². The number of hydrogen-bond donors (Lipinski definition) is 1. The van der Waals surface area contributed by atoms with E-state index in [9.17, 15) is 9.59 Å². The van der Waals surface area contributed by atoms with Crippen LogP contribution in [0.25, 0.3) is 0 Å². The van der Waals surface area contributed by atoms with E-state index >= 15 is 0 Å². The van der Waals surface area contributed by atoms with Crippen LogP contribution < -0.4 is 5.32 Å². The van der Waals surface area contributed by atoms with Crippen molar-refractivity contribution in [3.63, 3.8) is 0 Å². The predicted molar refractivity (Wildman–Crippen MR) is 106 cm³/mol. The number of carbonyl (C=O) groups excluding carboxylic acids is 2. The SMILES string of the molecule is Cc1ccccc1CN(C)C(=O)CNC(=O)CC12CC3CC(CC(C3)C1)C2. The lowest BCUT2D eigenvalue weighted by Crippen LogP contribution is -2.48. The first kappa shape index (κ1) is 18.5. The van der Waals surface area contributed by atoms with Gasteiger partial charge in [-0.05, 0) is 79.7 Å². The molecule has 4 nitrogen and oxygen atoms in total. The van der Waals surface area contributed by atoms with Crippen LogP contribution in [0, 0.1) is 30.1 Å². The number of hydrogen-bond acceptors (Lipinski definition) is 2. The van der Waals surface area contributed by atoms with Gasteiger partial charge in [0.1, 0.15) is 0 Å². The summed E-state index contributed by atoms with van der Waals surface area (Å²) in [6.07, 6.45) is 8.48. The van der Waals surface area contributed by atoms with Crippen LogP contribution in [0.1, 0.15) is 56.1 Å². The Balaban J connectivity index is 1.27. The van der Waals surface area contributed by atoms with Crippen LogP contribution in [-0.4, -0.2) is 30.3 Å². The highest BCUT2D eigenvalue weighted by Gasteiger charge is 2.51. The average Bonchev–Trinajstić information content (AvgIpc) is 2.60. The molecule has 1 N–H and O–H groups in total. The van der Waals surface area contributed by atoms with E-state index in [4.69, 9.17) is 0 Å². The molecule has 4 saturated carbocycles. The van der Waals surface area contributed by atoms with E-state index in [1.807, 2.05) is 18.2 Å². The molecule has 4 fully saturated rings. The molecule has 4 aliphatic carbocycles. The van der Waals surface area contributed by atoms with Gasteiger partial charge in [0.05, 0.1) is 6.54 Å². The van der Waals surface area contributed by atoms with Crippen molar-refractivity contribution >= 4 is 11.8 Å². The van der Waals surface area contributed by atoms with Crippen LogP contribution in [0.4, 0.5) is 0 Å². The third-order valence-corrected chi connectivity index (χ3v) is 7.23. The highest BCUT2D eigenvalue weighted by Crippen LogP contribution is 2.61. The molecule has 0 radical (unpaired) electrons. The summed E-state index contributed by atoms with van der Waals surface area (Å²) in [5.74, 6) is 2.59. The van der Waals surface area contributed by atoms with Gasteiger partial charge in [0, 0.05) is 20.0 Å². The van der Waals surface area contributed by atoms with Gasteiger partial charge in [-0.2, -0.15) is 0 Å². The molecular weight excluding hydrogens is 336 g/mol. The Bertz CT molecular complexity index is 692. The smallest absolute Gasteiger partial charge is 0.242 e. The second kappa shape index (κ2) is 7.29. The molecule has 5 rings (SSSR count). The van der Waals surface area contributed by atoms with Gasteiger partial charge in [0.25, 0.3) is 0 Å². The van der Waals surface area contributed by atoms with Crippen molar-refractivity contribution in [2.45, 2.75) is 58.4 Å². The normalized spacial score (nSPS) is 31.0. The number of aryl methyl sites for hydroxylation is 1. The first-order valence-corrected chi connectivity index (χ1v) is 10.5. The Morgan fingerprint density at radius 1 is 1.07 bits per heavy atom. The van der Waals surface area contributed by atoms with Crippen molar-refractivity contribution in [2.75, 3.05) is 13.6 Å². The first-order valence-electron chi connectivity index (χ1n) is 10.5. The Kier molecular flexibility index (Phi) is 5.00. The maximum absolute atomic E-state index is 12.6. The molecule has 4 heteroatoms. The van der Waals surface area contributed by atoms with Crippen molar-refractivity contribution in [3.05, 3.63) is 35.4 Å². The fourth-order valence-electron chi connectivity index (χ4n) is 6.35. The lowest BCUT2D eigenvalue weighted by Gasteiger charge is -2.56.